The van der Waals surface area contributed by atoms with E-state index >= 15 is 0 Å². The molecule has 4 heteroatoms. The number of hydrogen-bond acceptors (Lipinski definition) is 4. The fourth-order valence-electron chi connectivity index (χ4n) is 6.53. The van der Waals surface area contributed by atoms with Crippen molar-refractivity contribution in [2.45, 2.75) is 0 Å². The second kappa shape index (κ2) is 11.2. The molecule has 0 aliphatic rings. The molecule has 0 N–H and O–H groups in total. The Balaban J connectivity index is 1.21. The number of nitrogens with zero attached hydrogens (tertiary/aromatic N) is 3. The van der Waals surface area contributed by atoms with Gasteiger partial charge < -0.3 is 4.42 Å². The highest BCUT2D eigenvalue weighted by Crippen LogP contribution is 2.40. The van der Waals surface area contributed by atoms with Gasteiger partial charge in [0.15, 0.2) is 17.5 Å². The van der Waals surface area contributed by atoms with Gasteiger partial charge in [-0.3, -0.25) is 0 Å². The van der Waals surface area contributed by atoms with Crippen molar-refractivity contribution >= 4 is 32.7 Å². The van der Waals surface area contributed by atoms with Crippen LogP contribution >= 0.6 is 0 Å². The van der Waals surface area contributed by atoms with Crippen LogP contribution in [0.25, 0.3) is 89.1 Å². The van der Waals surface area contributed by atoms with E-state index in [-0.39, 0.29) is 0 Å². The van der Waals surface area contributed by atoms with Crippen LogP contribution in [0.3, 0.4) is 0 Å². The number of furan rings is 1. The second-order valence-corrected chi connectivity index (χ2v) is 11.6. The Morgan fingerprint density at radius 3 is 1.47 bits per heavy atom. The molecule has 7 aromatic carbocycles. The van der Waals surface area contributed by atoms with Crippen LogP contribution < -0.4 is 0 Å². The van der Waals surface area contributed by atoms with Gasteiger partial charge in [-0.05, 0) is 51.2 Å². The van der Waals surface area contributed by atoms with E-state index in [1.807, 2.05) is 72.8 Å². The first kappa shape index (κ1) is 27.0. The average molecular weight is 602 g/mol. The molecule has 0 unspecified atom stereocenters. The van der Waals surface area contributed by atoms with E-state index in [0.29, 0.717) is 17.5 Å². The molecule has 0 fully saturated rings. The molecule has 4 nitrogen and oxygen atoms in total. The van der Waals surface area contributed by atoms with Crippen molar-refractivity contribution in [3.63, 3.8) is 0 Å². The Hall–Kier alpha value is -6.39. The summed E-state index contributed by atoms with van der Waals surface area (Å²) < 4.78 is 6.54. The summed E-state index contributed by atoms with van der Waals surface area (Å²) in [4.78, 5) is 14.9. The molecule has 0 bridgehead atoms. The molecule has 2 aromatic heterocycles. The summed E-state index contributed by atoms with van der Waals surface area (Å²) in [5.74, 6) is 1.87. The first-order valence-corrected chi connectivity index (χ1v) is 15.7. The van der Waals surface area contributed by atoms with Crippen LogP contribution in [-0.4, -0.2) is 15.0 Å². The maximum absolute atomic E-state index is 6.54. The Morgan fingerprint density at radius 2 is 0.851 bits per heavy atom. The zero-order chi connectivity index (χ0) is 31.2. The molecule has 2 heterocycles. The summed E-state index contributed by atoms with van der Waals surface area (Å²) in [7, 11) is 0. The van der Waals surface area contributed by atoms with Gasteiger partial charge in [0.25, 0.3) is 0 Å². The molecule has 0 saturated carbocycles. The van der Waals surface area contributed by atoms with E-state index < -0.39 is 0 Å². The molecule has 0 aliphatic carbocycles. The van der Waals surface area contributed by atoms with Crippen LogP contribution in [0, 0.1) is 0 Å². The third-order valence-electron chi connectivity index (χ3n) is 8.76. The standard InChI is InChI=1S/C43H27N3O/c1-4-13-28(14-5-1)32-25-26-33(35-20-11-10-19-34(32)35)31-23-24-36-39(27-31)47-38-22-12-21-37(40(36)38)43-45-41(29-15-6-2-7-16-29)44-42(46-43)30-17-8-3-9-18-30/h1-27H. The van der Waals surface area contributed by atoms with E-state index in [9.17, 15) is 0 Å². The third kappa shape index (κ3) is 4.75. The van der Waals surface area contributed by atoms with Crippen molar-refractivity contribution < 1.29 is 4.42 Å². The zero-order valence-electron chi connectivity index (χ0n) is 25.3. The summed E-state index contributed by atoms with van der Waals surface area (Å²) in [5, 5.41) is 4.44. The quantitative estimate of drug-likeness (QED) is 0.197. The lowest BCUT2D eigenvalue weighted by Crippen LogP contribution is -2.00. The maximum atomic E-state index is 6.54. The van der Waals surface area contributed by atoms with E-state index in [1.165, 1.54) is 27.5 Å². The molecule has 0 atom stereocenters. The third-order valence-corrected chi connectivity index (χ3v) is 8.76. The molecule has 0 amide bonds. The largest absolute Gasteiger partial charge is 0.456 e. The molecular formula is C43H27N3O. The summed E-state index contributed by atoms with van der Waals surface area (Å²) in [5.41, 5.74) is 9.10. The van der Waals surface area contributed by atoms with Crippen LogP contribution in [-0.2, 0) is 0 Å². The van der Waals surface area contributed by atoms with Gasteiger partial charge in [0.2, 0.25) is 0 Å². The fraction of sp³-hybridized carbons (Fsp3) is 0. The van der Waals surface area contributed by atoms with Crippen LogP contribution in [0.15, 0.2) is 168 Å². The number of rotatable bonds is 5. The van der Waals surface area contributed by atoms with Gasteiger partial charge in [-0.25, -0.2) is 15.0 Å². The lowest BCUT2D eigenvalue weighted by Gasteiger charge is -2.12. The second-order valence-electron chi connectivity index (χ2n) is 11.6. The highest BCUT2D eigenvalue weighted by atomic mass is 16.3. The molecule has 9 aromatic rings. The van der Waals surface area contributed by atoms with Gasteiger partial charge in [0.1, 0.15) is 11.2 Å². The van der Waals surface area contributed by atoms with Crippen molar-refractivity contribution in [1.29, 1.82) is 0 Å². The molecular weight excluding hydrogens is 574 g/mol. The van der Waals surface area contributed by atoms with Gasteiger partial charge in [-0.15, -0.1) is 0 Å². The molecule has 0 radical (unpaired) electrons. The van der Waals surface area contributed by atoms with Gasteiger partial charge >= 0.3 is 0 Å². The Bertz CT molecular complexity index is 2500. The summed E-state index contributed by atoms with van der Waals surface area (Å²) in [6.07, 6.45) is 0. The minimum Gasteiger partial charge on any atom is -0.456 e. The molecule has 0 spiro atoms. The first-order valence-electron chi connectivity index (χ1n) is 15.7. The van der Waals surface area contributed by atoms with Crippen molar-refractivity contribution in [3.8, 4) is 56.4 Å². The van der Waals surface area contributed by atoms with Crippen molar-refractivity contribution in [2.75, 3.05) is 0 Å². The summed E-state index contributed by atoms with van der Waals surface area (Å²) in [6, 6.07) is 56.3. The predicted molar refractivity (Wildman–Crippen MR) is 192 cm³/mol. The number of aromatic nitrogens is 3. The molecule has 9 rings (SSSR count). The first-order chi connectivity index (χ1) is 23.3. The van der Waals surface area contributed by atoms with Crippen molar-refractivity contribution in [2.24, 2.45) is 0 Å². The minimum absolute atomic E-state index is 0.609. The molecule has 47 heavy (non-hydrogen) atoms. The maximum Gasteiger partial charge on any atom is 0.164 e. The normalized spacial score (nSPS) is 11.4. The molecule has 0 saturated heterocycles. The lowest BCUT2D eigenvalue weighted by molar-refractivity contribution is 0.669. The average Bonchev–Trinajstić information content (AvgIpc) is 3.53. The monoisotopic (exact) mass is 601 g/mol. The van der Waals surface area contributed by atoms with Gasteiger partial charge in [-0.2, -0.15) is 0 Å². The van der Waals surface area contributed by atoms with E-state index in [2.05, 4.69) is 91.0 Å². The van der Waals surface area contributed by atoms with Crippen LogP contribution in [0.5, 0.6) is 0 Å². The minimum atomic E-state index is 0.609. The predicted octanol–water partition coefficient (Wildman–Crippen LogP) is 11.3. The topological polar surface area (TPSA) is 51.8 Å². The van der Waals surface area contributed by atoms with Crippen molar-refractivity contribution in [3.05, 3.63) is 164 Å². The number of hydrogen-bond donors (Lipinski definition) is 0. The fourth-order valence-corrected chi connectivity index (χ4v) is 6.53. The SMILES string of the molecule is c1ccc(-c2nc(-c3ccccc3)nc(-c3cccc4oc5cc(-c6ccc(-c7ccccc7)c7ccccc67)ccc5c34)n2)cc1. The van der Waals surface area contributed by atoms with Crippen molar-refractivity contribution in [1.82, 2.24) is 15.0 Å². The van der Waals surface area contributed by atoms with Crippen LogP contribution in [0.1, 0.15) is 0 Å². The summed E-state index contributed by atoms with van der Waals surface area (Å²) >= 11 is 0. The van der Waals surface area contributed by atoms with Gasteiger partial charge in [0, 0.05) is 27.5 Å². The number of benzene rings is 7. The lowest BCUT2D eigenvalue weighted by atomic mass is 9.92. The number of fused-ring (bicyclic) bond motifs is 4. The van der Waals surface area contributed by atoms with E-state index in [0.717, 1.165) is 44.2 Å². The zero-order valence-corrected chi connectivity index (χ0v) is 25.3. The Kier molecular flexibility index (Phi) is 6.43. The smallest absolute Gasteiger partial charge is 0.164 e. The van der Waals surface area contributed by atoms with E-state index in [4.69, 9.17) is 19.4 Å². The highest BCUT2D eigenvalue weighted by Gasteiger charge is 2.19. The molecule has 0 aliphatic heterocycles. The Labute approximate surface area is 271 Å². The van der Waals surface area contributed by atoms with Gasteiger partial charge in [-0.1, -0.05) is 146 Å². The van der Waals surface area contributed by atoms with Crippen LogP contribution in [0.2, 0.25) is 0 Å². The molecule has 220 valence electrons. The highest BCUT2D eigenvalue weighted by molar-refractivity contribution is 6.13. The van der Waals surface area contributed by atoms with Gasteiger partial charge in [0.05, 0.1) is 0 Å². The summed E-state index contributed by atoms with van der Waals surface area (Å²) in [6.45, 7) is 0. The Morgan fingerprint density at radius 1 is 0.319 bits per heavy atom. The van der Waals surface area contributed by atoms with E-state index in [1.54, 1.807) is 0 Å². The van der Waals surface area contributed by atoms with Crippen LogP contribution in [0.4, 0.5) is 0 Å².